The zero-order chi connectivity index (χ0) is 12.5. The molecule has 0 atom stereocenters. The summed E-state index contributed by atoms with van der Waals surface area (Å²) in [5.41, 5.74) is 7.93. The number of carbonyl (C=O) groups is 1. The van der Waals surface area contributed by atoms with Gasteiger partial charge in [0.2, 0.25) is 0 Å². The first-order valence-corrected chi connectivity index (χ1v) is 3.86. The van der Waals surface area contributed by atoms with Crippen molar-refractivity contribution in [1.82, 2.24) is 0 Å². The lowest BCUT2D eigenvalue weighted by atomic mass is 10.1. The predicted octanol–water partition coefficient (Wildman–Crippen LogP) is 0.184. The average molecular weight is 226 g/mol. The van der Waals surface area contributed by atoms with Gasteiger partial charge < -0.3 is 11.5 Å². The minimum Gasteiger partial charge on any atom is -0.393 e. The molecule has 1 rings (SSSR count). The van der Waals surface area contributed by atoms with E-state index in [1.807, 2.05) is 0 Å². The molecular weight excluding hydrogens is 220 g/mol. The number of anilines is 1. The van der Waals surface area contributed by atoms with Crippen LogP contribution in [-0.2, 0) is 0 Å². The monoisotopic (exact) mass is 226 g/mol. The van der Waals surface area contributed by atoms with Crippen molar-refractivity contribution in [2.45, 2.75) is 0 Å². The van der Waals surface area contributed by atoms with E-state index in [1.165, 1.54) is 0 Å². The first kappa shape index (κ1) is 11.4. The Morgan fingerprint density at radius 3 is 2.00 bits per heavy atom. The summed E-state index contributed by atoms with van der Waals surface area (Å²) in [6.45, 7) is 0. The van der Waals surface area contributed by atoms with Crippen LogP contribution in [0, 0.1) is 20.2 Å². The summed E-state index contributed by atoms with van der Waals surface area (Å²) in [7, 11) is 0. The summed E-state index contributed by atoms with van der Waals surface area (Å²) in [5, 5.41) is 21.0. The van der Waals surface area contributed by atoms with Crippen LogP contribution in [0.4, 0.5) is 17.1 Å². The van der Waals surface area contributed by atoms with Crippen LogP contribution in [-0.4, -0.2) is 15.8 Å². The van der Waals surface area contributed by atoms with E-state index < -0.39 is 32.7 Å². The van der Waals surface area contributed by atoms with E-state index in [0.29, 0.717) is 6.07 Å². The lowest BCUT2D eigenvalue weighted by Crippen LogP contribution is -2.14. The van der Waals surface area contributed by atoms with Gasteiger partial charge in [0.15, 0.2) is 0 Å². The highest BCUT2D eigenvalue weighted by molar-refractivity contribution is 5.98. The minimum absolute atomic E-state index is 0.357. The van der Waals surface area contributed by atoms with Gasteiger partial charge in [0.25, 0.3) is 17.3 Å². The number of nitrogens with zero attached hydrogens (tertiary/aromatic N) is 2. The second kappa shape index (κ2) is 3.81. The van der Waals surface area contributed by atoms with E-state index in [4.69, 9.17) is 11.5 Å². The Hall–Kier alpha value is -2.71. The predicted molar refractivity (Wildman–Crippen MR) is 52.7 cm³/mol. The number of nitro groups is 2. The van der Waals surface area contributed by atoms with E-state index >= 15 is 0 Å². The molecule has 1 aromatic rings. The quantitative estimate of drug-likeness (QED) is 0.425. The smallest absolute Gasteiger partial charge is 0.299 e. The standard InChI is InChI=1S/C7H6N4O5/c8-4-1-3(7(9)12)5(10(13)14)2-6(4)11(15)16/h1-2H,8H2,(H2,9,12). The number of nitro benzene ring substituents is 2. The van der Waals surface area contributed by atoms with Gasteiger partial charge in [-0.05, 0) is 6.07 Å². The Morgan fingerprint density at radius 1 is 1.12 bits per heavy atom. The number of benzene rings is 1. The van der Waals surface area contributed by atoms with Crippen LogP contribution in [0.25, 0.3) is 0 Å². The lowest BCUT2D eigenvalue weighted by molar-refractivity contribution is -0.393. The third-order valence-electron chi connectivity index (χ3n) is 1.80. The molecule has 9 nitrogen and oxygen atoms in total. The molecule has 0 fully saturated rings. The summed E-state index contributed by atoms with van der Waals surface area (Å²) < 4.78 is 0. The highest BCUT2D eigenvalue weighted by atomic mass is 16.6. The lowest BCUT2D eigenvalue weighted by Gasteiger charge is -2.01. The van der Waals surface area contributed by atoms with Crippen molar-refractivity contribution in [3.63, 3.8) is 0 Å². The van der Waals surface area contributed by atoms with Gasteiger partial charge in [0.05, 0.1) is 15.9 Å². The molecule has 0 unspecified atom stereocenters. The Kier molecular flexibility index (Phi) is 2.70. The van der Waals surface area contributed by atoms with Gasteiger partial charge in [-0.2, -0.15) is 0 Å². The van der Waals surface area contributed by atoms with Gasteiger partial charge >= 0.3 is 0 Å². The molecular formula is C7H6N4O5. The Balaban J connectivity index is 3.55. The number of nitrogens with two attached hydrogens (primary N) is 2. The highest BCUT2D eigenvalue weighted by Crippen LogP contribution is 2.30. The van der Waals surface area contributed by atoms with E-state index in [-0.39, 0.29) is 5.69 Å². The molecule has 16 heavy (non-hydrogen) atoms. The number of carbonyl (C=O) groups excluding carboxylic acids is 1. The zero-order valence-corrected chi connectivity index (χ0v) is 7.75. The van der Waals surface area contributed by atoms with Gasteiger partial charge in [0.1, 0.15) is 11.3 Å². The maximum atomic E-state index is 10.9. The molecule has 1 aromatic carbocycles. The summed E-state index contributed by atoms with van der Waals surface area (Å²) >= 11 is 0. The third kappa shape index (κ3) is 1.87. The van der Waals surface area contributed by atoms with Crippen molar-refractivity contribution in [2.24, 2.45) is 5.73 Å². The van der Waals surface area contributed by atoms with Gasteiger partial charge in [-0.1, -0.05) is 0 Å². The Labute approximate surface area is 87.9 Å². The highest BCUT2D eigenvalue weighted by Gasteiger charge is 2.25. The molecule has 0 spiro atoms. The van der Waals surface area contributed by atoms with Crippen LogP contribution < -0.4 is 11.5 Å². The van der Waals surface area contributed by atoms with Crippen LogP contribution in [0.2, 0.25) is 0 Å². The maximum Gasteiger partial charge on any atom is 0.299 e. The summed E-state index contributed by atoms with van der Waals surface area (Å²) in [4.78, 5) is 30.0. The van der Waals surface area contributed by atoms with Crippen LogP contribution >= 0.6 is 0 Å². The number of hydrogen-bond acceptors (Lipinski definition) is 6. The fourth-order valence-corrected chi connectivity index (χ4v) is 1.10. The van der Waals surface area contributed by atoms with Crippen molar-refractivity contribution >= 4 is 23.0 Å². The minimum atomic E-state index is -1.08. The molecule has 0 saturated heterocycles. The molecule has 0 bridgehead atoms. The third-order valence-corrected chi connectivity index (χ3v) is 1.80. The van der Waals surface area contributed by atoms with Gasteiger partial charge in [-0.3, -0.25) is 25.0 Å². The molecule has 0 aromatic heterocycles. The van der Waals surface area contributed by atoms with Gasteiger partial charge in [0, 0.05) is 0 Å². The van der Waals surface area contributed by atoms with Crippen LogP contribution in [0.3, 0.4) is 0 Å². The maximum absolute atomic E-state index is 10.9. The molecule has 9 heteroatoms. The van der Waals surface area contributed by atoms with Crippen molar-refractivity contribution in [3.8, 4) is 0 Å². The second-order valence-electron chi connectivity index (χ2n) is 2.81. The molecule has 84 valence electrons. The van der Waals surface area contributed by atoms with E-state index in [1.54, 1.807) is 0 Å². The van der Waals surface area contributed by atoms with Crippen LogP contribution in [0.1, 0.15) is 10.4 Å². The van der Waals surface area contributed by atoms with E-state index in [2.05, 4.69) is 0 Å². The number of amides is 1. The largest absolute Gasteiger partial charge is 0.393 e. The second-order valence-corrected chi connectivity index (χ2v) is 2.81. The van der Waals surface area contributed by atoms with Gasteiger partial charge in [-0.15, -0.1) is 0 Å². The molecule has 0 saturated carbocycles. The molecule has 4 N–H and O–H groups in total. The summed E-state index contributed by atoms with van der Waals surface area (Å²) in [6, 6.07) is 1.42. The fraction of sp³-hybridized carbons (Fsp3) is 0. The molecule has 0 radical (unpaired) electrons. The normalized spacial score (nSPS) is 9.75. The fourth-order valence-electron chi connectivity index (χ4n) is 1.10. The molecule has 0 heterocycles. The zero-order valence-electron chi connectivity index (χ0n) is 7.75. The first-order valence-electron chi connectivity index (χ1n) is 3.86. The van der Waals surface area contributed by atoms with Crippen molar-refractivity contribution in [3.05, 3.63) is 37.9 Å². The van der Waals surface area contributed by atoms with Crippen molar-refractivity contribution in [1.29, 1.82) is 0 Å². The topological polar surface area (TPSA) is 155 Å². The number of nitrogen functional groups attached to an aromatic ring is 1. The Morgan fingerprint density at radius 2 is 1.62 bits per heavy atom. The molecule has 1 amide bonds. The SMILES string of the molecule is NC(=O)c1cc(N)c([N+](=O)[O-])cc1[N+](=O)[O-]. The molecule has 0 aliphatic heterocycles. The van der Waals surface area contributed by atoms with Gasteiger partial charge in [-0.25, -0.2) is 0 Å². The summed E-state index contributed by atoms with van der Waals surface area (Å²) in [5.74, 6) is -1.08. The Bertz CT molecular complexity index is 498. The molecule has 0 aliphatic carbocycles. The number of hydrogen-bond donors (Lipinski definition) is 2. The first-order chi connectivity index (χ1) is 7.34. The molecule has 0 aliphatic rings. The average Bonchev–Trinajstić information content (AvgIpc) is 2.15. The van der Waals surface area contributed by atoms with E-state index in [9.17, 15) is 25.0 Å². The van der Waals surface area contributed by atoms with E-state index in [0.717, 1.165) is 6.07 Å². The summed E-state index contributed by atoms with van der Waals surface area (Å²) in [6.07, 6.45) is 0. The van der Waals surface area contributed by atoms with Crippen molar-refractivity contribution < 1.29 is 14.6 Å². The van der Waals surface area contributed by atoms with Crippen LogP contribution in [0.15, 0.2) is 12.1 Å². The number of rotatable bonds is 3. The van der Waals surface area contributed by atoms with Crippen molar-refractivity contribution in [2.75, 3.05) is 5.73 Å². The van der Waals surface area contributed by atoms with Crippen LogP contribution in [0.5, 0.6) is 0 Å². The number of primary amides is 1.